The van der Waals surface area contributed by atoms with Crippen molar-refractivity contribution in [1.82, 2.24) is 20.3 Å². The zero-order chi connectivity index (χ0) is 27.4. The van der Waals surface area contributed by atoms with Gasteiger partial charge in [0.1, 0.15) is 23.9 Å². The number of pyridine rings is 1. The molecule has 1 aromatic heterocycles. The van der Waals surface area contributed by atoms with Crippen LogP contribution in [-0.2, 0) is 26.5 Å². The number of piperidine rings is 1. The molecule has 11 nitrogen and oxygen atoms in total. The van der Waals surface area contributed by atoms with Gasteiger partial charge in [0.15, 0.2) is 0 Å². The summed E-state index contributed by atoms with van der Waals surface area (Å²) in [4.78, 5) is 45.6. The maximum Gasteiger partial charge on any atom is 0.409 e. The van der Waals surface area contributed by atoms with E-state index >= 15 is 0 Å². The first-order chi connectivity index (χ1) is 18.2. The van der Waals surface area contributed by atoms with E-state index < -0.39 is 23.6 Å². The first-order valence-corrected chi connectivity index (χ1v) is 12.7. The van der Waals surface area contributed by atoms with E-state index in [1.807, 2.05) is 26.0 Å². The van der Waals surface area contributed by atoms with Crippen LogP contribution in [0.4, 0.5) is 4.79 Å². The predicted molar refractivity (Wildman–Crippen MR) is 137 cm³/mol. The monoisotopic (exact) mass is 525 g/mol. The molecule has 2 saturated heterocycles. The number of rotatable bonds is 7. The molecule has 3 heterocycles. The normalized spacial score (nSPS) is 20.8. The number of nitrogens with two attached hydrogens (primary N) is 1. The molecular formula is C27H35N5O6. The molecule has 3 amide bonds. The van der Waals surface area contributed by atoms with E-state index in [2.05, 4.69) is 4.98 Å². The lowest BCUT2D eigenvalue weighted by Crippen LogP contribution is -2.56. The van der Waals surface area contributed by atoms with Gasteiger partial charge in [-0.2, -0.15) is 0 Å². The molecule has 2 unspecified atom stereocenters. The Kier molecular flexibility index (Phi) is 8.17. The Morgan fingerprint density at radius 3 is 2.37 bits per heavy atom. The number of carbonyl (C=O) groups excluding carboxylic acids is 3. The SMILES string of the molecule is COC(=O)N1CCC(C(C(=O)NO)N2CCC(N)(c3ccc(OCc4cc(C)nc(C)c4)cc3)C2=O)CC1. The quantitative estimate of drug-likeness (QED) is 0.367. The number of likely N-dealkylation sites (tertiary alicyclic amines) is 2. The minimum atomic E-state index is -1.31. The van der Waals surface area contributed by atoms with Gasteiger partial charge in [0.2, 0.25) is 5.91 Å². The molecular weight excluding hydrogens is 490 g/mol. The smallest absolute Gasteiger partial charge is 0.409 e. The van der Waals surface area contributed by atoms with Crippen LogP contribution in [0.3, 0.4) is 0 Å². The van der Waals surface area contributed by atoms with Crippen LogP contribution in [0.15, 0.2) is 36.4 Å². The third-order valence-electron chi connectivity index (χ3n) is 7.44. The van der Waals surface area contributed by atoms with Gasteiger partial charge in [-0.05, 0) is 74.4 Å². The highest BCUT2D eigenvalue weighted by Gasteiger charge is 2.50. The summed E-state index contributed by atoms with van der Waals surface area (Å²) >= 11 is 0. The lowest BCUT2D eigenvalue weighted by molar-refractivity contribution is -0.147. The predicted octanol–water partition coefficient (Wildman–Crippen LogP) is 2.02. The van der Waals surface area contributed by atoms with E-state index in [0.717, 1.165) is 17.0 Å². The molecule has 0 aliphatic carbocycles. The standard InChI is InChI=1S/C27H35N5O6/c1-17-14-19(15-18(2)29-17)16-38-22-6-4-21(5-7-22)27(28)10-13-32(25(27)34)23(24(33)30-36)20-8-11-31(12-9-20)26(35)37-3/h4-7,14-15,20,23,36H,8-13,16,28H2,1-3H3,(H,30,33). The van der Waals surface area contributed by atoms with Gasteiger partial charge in [-0.25, -0.2) is 10.3 Å². The van der Waals surface area contributed by atoms with E-state index in [9.17, 15) is 19.6 Å². The van der Waals surface area contributed by atoms with Crippen LogP contribution in [0.2, 0.25) is 0 Å². The zero-order valence-electron chi connectivity index (χ0n) is 22.0. The second kappa shape index (κ2) is 11.4. The summed E-state index contributed by atoms with van der Waals surface area (Å²) in [6.07, 6.45) is 0.856. The summed E-state index contributed by atoms with van der Waals surface area (Å²) in [5, 5.41) is 9.43. The molecule has 38 heavy (non-hydrogen) atoms. The molecule has 2 aromatic rings. The molecule has 2 aliphatic rings. The fourth-order valence-corrected chi connectivity index (χ4v) is 5.52. The fourth-order valence-electron chi connectivity index (χ4n) is 5.52. The first-order valence-electron chi connectivity index (χ1n) is 12.7. The second-order valence-electron chi connectivity index (χ2n) is 10.0. The van der Waals surface area contributed by atoms with Crippen LogP contribution >= 0.6 is 0 Å². The number of hydrogen-bond acceptors (Lipinski definition) is 8. The van der Waals surface area contributed by atoms with Gasteiger partial charge in [0.25, 0.3) is 5.91 Å². The fraction of sp³-hybridized carbons (Fsp3) is 0.481. The first kappa shape index (κ1) is 27.3. The molecule has 1 aromatic carbocycles. The molecule has 0 bridgehead atoms. The van der Waals surface area contributed by atoms with Crippen molar-refractivity contribution in [1.29, 1.82) is 0 Å². The number of aryl methyl sites for hydroxylation is 2. The minimum absolute atomic E-state index is 0.245. The Morgan fingerprint density at radius 2 is 1.79 bits per heavy atom. The zero-order valence-corrected chi connectivity index (χ0v) is 22.0. The average molecular weight is 526 g/mol. The molecule has 4 N–H and O–H groups in total. The van der Waals surface area contributed by atoms with Gasteiger partial charge >= 0.3 is 6.09 Å². The van der Waals surface area contributed by atoms with E-state index in [1.165, 1.54) is 12.0 Å². The topological polar surface area (TPSA) is 147 Å². The van der Waals surface area contributed by atoms with Crippen molar-refractivity contribution in [2.24, 2.45) is 11.7 Å². The Morgan fingerprint density at radius 1 is 1.16 bits per heavy atom. The lowest BCUT2D eigenvalue weighted by atomic mass is 9.87. The molecule has 11 heteroatoms. The van der Waals surface area contributed by atoms with Crippen LogP contribution in [0, 0.1) is 19.8 Å². The van der Waals surface area contributed by atoms with E-state index in [0.29, 0.717) is 50.3 Å². The Labute approximate surface area is 221 Å². The third kappa shape index (κ3) is 5.58. The lowest BCUT2D eigenvalue weighted by Gasteiger charge is -2.38. The highest BCUT2D eigenvalue weighted by molar-refractivity contribution is 5.94. The highest BCUT2D eigenvalue weighted by atomic mass is 16.5. The number of benzene rings is 1. The van der Waals surface area contributed by atoms with Crippen LogP contribution in [-0.4, -0.2) is 70.7 Å². The van der Waals surface area contributed by atoms with Crippen molar-refractivity contribution in [3.05, 3.63) is 58.9 Å². The molecule has 2 atom stereocenters. The van der Waals surface area contributed by atoms with Gasteiger partial charge in [0.05, 0.1) is 7.11 Å². The largest absolute Gasteiger partial charge is 0.489 e. The van der Waals surface area contributed by atoms with Crippen molar-refractivity contribution >= 4 is 17.9 Å². The number of aromatic nitrogens is 1. The number of hydrogen-bond donors (Lipinski definition) is 3. The van der Waals surface area contributed by atoms with Crippen LogP contribution in [0.25, 0.3) is 0 Å². The maximum absolute atomic E-state index is 13.6. The Bertz CT molecular complexity index is 1160. The van der Waals surface area contributed by atoms with Crippen LogP contribution in [0.1, 0.15) is 41.8 Å². The Balaban J connectivity index is 1.45. The number of hydroxylamine groups is 1. The summed E-state index contributed by atoms with van der Waals surface area (Å²) in [5.74, 6) is -0.644. The van der Waals surface area contributed by atoms with Crippen LogP contribution < -0.4 is 16.0 Å². The van der Waals surface area contributed by atoms with Gasteiger partial charge < -0.3 is 25.0 Å². The van der Waals surface area contributed by atoms with Crippen molar-refractivity contribution in [2.75, 3.05) is 26.7 Å². The van der Waals surface area contributed by atoms with E-state index in [1.54, 1.807) is 34.6 Å². The molecule has 0 spiro atoms. The number of amides is 3. The van der Waals surface area contributed by atoms with Gasteiger partial charge in [-0.1, -0.05) is 12.1 Å². The van der Waals surface area contributed by atoms with Gasteiger partial charge in [0, 0.05) is 31.0 Å². The van der Waals surface area contributed by atoms with Gasteiger partial charge in [-0.15, -0.1) is 0 Å². The van der Waals surface area contributed by atoms with E-state index in [-0.39, 0.29) is 18.4 Å². The second-order valence-corrected chi connectivity index (χ2v) is 10.0. The van der Waals surface area contributed by atoms with Gasteiger partial charge in [-0.3, -0.25) is 19.8 Å². The van der Waals surface area contributed by atoms with Crippen molar-refractivity contribution in [2.45, 2.75) is 51.3 Å². The Hall–Kier alpha value is -3.70. The van der Waals surface area contributed by atoms with E-state index in [4.69, 9.17) is 15.2 Å². The summed E-state index contributed by atoms with van der Waals surface area (Å²) in [7, 11) is 1.32. The van der Waals surface area contributed by atoms with Crippen molar-refractivity contribution in [3.63, 3.8) is 0 Å². The molecule has 0 saturated carbocycles. The number of nitrogens with one attached hydrogen (secondary N) is 1. The molecule has 4 rings (SSSR count). The number of carbonyl (C=O) groups is 3. The minimum Gasteiger partial charge on any atom is -0.489 e. The molecule has 2 fully saturated rings. The van der Waals surface area contributed by atoms with Crippen molar-refractivity contribution in [3.8, 4) is 5.75 Å². The molecule has 0 radical (unpaired) electrons. The number of ether oxygens (including phenoxy) is 2. The number of nitrogens with zero attached hydrogens (tertiary/aromatic N) is 3. The summed E-state index contributed by atoms with van der Waals surface area (Å²) < 4.78 is 10.7. The highest BCUT2D eigenvalue weighted by Crippen LogP contribution is 2.36. The molecule has 2 aliphatic heterocycles. The number of methoxy groups -OCH3 is 1. The van der Waals surface area contributed by atoms with Crippen LogP contribution in [0.5, 0.6) is 5.75 Å². The third-order valence-corrected chi connectivity index (χ3v) is 7.44. The average Bonchev–Trinajstić information content (AvgIpc) is 3.22. The summed E-state index contributed by atoms with van der Waals surface area (Å²) in [6.45, 7) is 5.31. The summed E-state index contributed by atoms with van der Waals surface area (Å²) in [6, 6.07) is 10.2. The summed E-state index contributed by atoms with van der Waals surface area (Å²) in [5.41, 5.74) is 10.5. The molecule has 204 valence electrons. The maximum atomic E-state index is 13.6. The van der Waals surface area contributed by atoms with Crippen molar-refractivity contribution < 1.29 is 29.1 Å².